The van der Waals surface area contributed by atoms with Crippen LogP contribution in [0.3, 0.4) is 0 Å². The van der Waals surface area contributed by atoms with E-state index in [1.165, 1.54) is 142 Å². The molecule has 65 heavy (non-hydrogen) atoms. The maximum Gasteiger partial charge on any atom is 0.0731 e. The lowest BCUT2D eigenvalue weighted by molar-refractivity contribution is 0.803. The highest BCUT2D eigenvalue weighted by atomic mass is 14.5. The summed E-state index contributed by atoms with van der Waals surface area (Å²) in [6.07, 6.45) is 0. The van der Waals surface area contributed by atoms with Crippen LogP contribution in [0.2, 0.25) is 0 Å². The molecule has 298 valence electrons. The van der Waals surface area contributed by atoms with Crippen molar-refractivity contribution < 1.29 is 0 Å². The molecule has 0 aliphatic heterocycles. The molecule has 15 rings (SSSR count). The molecule has 0 bridgehead atoms. The normalized spacial score (nSPS) is 13.4. The fourth-order valence-corrected chi connectivity index (χ4v) is 12.7. The highest BCUT2D eigenvalue weighted by Crippen LogP contribution is 2.66. The van der Waals surface area contributed by atoms with Crippen molar-refractivity contribution in [2.75, 3.05) is 0 Å². The van der Waals surface area contributed by atoms with Gasteiger partial charge >= 0.3 is 0 Å². The summed E-state index contributed by atoms with van der Waals surface area (Å²) in [4.78, 5) is 0. The first-order valence-electron chi connectivity index (χ1n) is 22.8. The van der Waals surface area contributed by atoms with Gasteiger partial charge in [0, 0.05) is 0 Å². The fourth-order valence-electron chi connectivity index (χ4n) is 12.7. The minimum atomic E-state index is -0.491. The maximum absolute atomic E-state index is 2.53. The predicted octanol–water partition coefficient (Wildman–Crippen LogP) is 17.4. The molecule has 0 saturated carbocycles. The van der Waals surface area contributed by atoms with Crippen molar-refractivity contribution >= 4 is 75.4 Å². The third kappa shape index (κ3) is 4.51. The summed E-state index contributed by atoms with van der Waals surface area (Å²) in [7, 11) is 0. The second kappa shape index (κ2) is 12.9. The second-order valence-corrected chi connectivity index (χ2v) is 18.2. The molecule has 0 amide bonds. The van der Waals surface area contributed by atoms with Gasteiger partial charge in [-0.15, -0.1) is 0 Å². The van der Waals surface area contributed by atoms with Crippen molar-refractivity contribution in [3.05, 3.63) is 253 Å². The van der Waals surface area contributed by atoms with Gasteiger partial charge in [-0.3, -0.25) is 0 Å². The lowest BCUT2D eigenvalue weighted by Crippen LogP contribution is -2.26. The summed E-state index contributed by atoms with van der Waals surface area (Å²) in [6.45, 7) is 0. The lowest BCUT2D eigenvalue weighted by Gasteiger charge is -2.32. The van der Waals surface area contributed by atoms with E-state index in [0.29, 0.717) is 0 Å². The maximum atomic E-state index is 2.53. The monoisotopic (exact) mass is 818 g/mol. The minimum absolute atomic E-state index is 0.491. The van der Waals surface area contributed by atoms with Crippen LogP contribution in [0.4, 0.5) is 0 Å². The van der Waals surface area contributed by atoms with Gasteiger partial charge in [-0.05, 0) is 166 Å². The van der Waals surface area contributed by atoms with Crippen molar-refractivity contribution in [3.63, 3.8) is 0 Å². The number of hydrogen-bond acceptors (Lipinski definition) is 0. The average Bonchev–Trinajstić information content (AvgIpc) is 3.84. The first-order chi connectivity index (χ1) is 32.3. The van der Waals surface area contributed by atoms with Crippen LogP contribution in [-0.4, -0.2) is 0 Å². The van der Waals surface area contributed by atoms with Gasteiger partial charge in [-0.25, -0.2) is 0 Å². The Morgan fingerprint density at radius 2 is 0.662 bits per heavy atom. The number of hydrogen-bond donors (Lipinski definition) is 0. The second-order valence-electron chi connectivity index (χ2n) is 18.2. The van der Waals surface area contributed by atoms with E-state index < -0.39 is 5.41 Å². The van der Waals surface area contributed by atoms with E-state index in [-0.39, 0.29) is 0 Å². The molecule has 0 heteroatoms. The summed E-state index contributed by atoms with van der Waals surface area (Å²) in [6, 6.07) is 87.3. The van der Waals surface area contributed by atoms with E-state index in [9.17, 15) is 0 Å². The standard InChI is InChI=1S/C65H38/c1-2-18-40-38-60-57(35-39(40)17-1)63-49-26-8-7-23-46(49)55-37-42(33-34-54(55)64(63)65(60)58-31-15-13-24-47(58)48-25-14-16-32-59(48)65)61-50-27-9-11-29-52(50)62(53-30-12-10-28-51(53)61)56-36-41-19-3-4-20-43(41)44-21-5-6-22-45(44)56/h1-38H. The van der Waals surface area contributed by atoms with Crippen LogP contribution >= 0.6 is 0 Å². The van der Waals surface area contributed by atoms with Gasteiger partial charge in [0.25, 0.3) is 0 Å². The Kier molecular flexibility index (Phi) is 6.97. The highest BCUT2D eigenvalue weighted by molar-refractivity contribution is 6.27. The van der Waals surface area contributed by atoms with E-state index in [2.05, 4.69) is 231 Å². The summed E-state index contributed by atoms with van der Waals surface area (Å²) in [5.41, 5.74) is 15.4. The lowest BCUT2D eigenvalue weighted by atomic mass is 9.69. The first-order valence-corrected chi connectivity index (χ1v) is 22.8. The van der Waals surface area contributed by atoms with Crippen LogP contribution in [0.5, 0.6) is 0 Å². The molecule has 2 aliphatic carbocycles. The number of rotatable bonds is 2. The number of benzene rings is 13. The van der Waals surface area contributed by atoms with Crippen LogP contribution < -0.4 is 0 Å². The van der Waals surface area contributed by atoms with Crippen molar-refractivity contribution in [1.29, 1.82) is 0 Å². The van der Waals surface area contributed by atoms with Crippen LogP contribution in [0.1, 0.15) is 22.3 Å². The average molecular weight is 819 g/mol. The predicted molar refractivity (Wildman–Crippen MR) is 276 cm³/mol. The molecule has 0 fully saturated rings. The van der Waals surface area contributed by atoms with Crippen molar-refractivity contribution in [1.82, 2.24) is 0 Å². The Morgan fingerprint density at radius 1 is 0.215 bits per heavy atom. The summed E-state index contributed by atoms with van der Waals surface area (Å²) >= 11 is 0. The summed E-state index contributed by atoms with van der Waals surface area (Å²) in [5.74, 6) is 0. The molecule has 0 radical (unpaired) electrons. The van der Waals surface area contributed by atoms with Gasteiger partial charge < -0.3 is 0 Å². The van der Waals surface area contributed by atoms with E-state index in [4.69, 9.17) is 0 Å². The van der Waals surface area contributed by atoms with E-state index >= 15 is 0 Å². The first kappa shape index (κ1) is 35.2. The SMILES string of the molecule is c1ccc2c(c1)-c1ccccc1C21c2cc3ccccc3cc2-c2c1c1ccc(-c3c4ccccc4c(-c4cc5ccccc5c5ccccc45)c4ccccc34)cc1c1ccccc21. The number of fused-ring (bicyclic) bond motifs is 21. The van der Waals surface area contributed by atoms with Gasteiger partial charge in [0.1, 0.15) is 0 Å². The van der Waals surface area contributed by atoms with Crippen LogP contribution in [0, 0.1) is 0 Å². The summed E-state index contributed by atoms with van der Waals surface area (Å²) in [5, 5.41) is 17.9. The van der Waals surface area contributed by atoms with Gasteiger partial charge in [0.05, 0.1) is 5.41 Å². The van der Waals surface area contributed by atoms with Gasteiger partial charge in [-0.2, -0.15) is 0 Å². The minimum Gasteiger partial charge on any atom is -0.0619 e. The van der Waals surface area contributed by atoms with Gasteiger partial charge in [-0.1, -0.05) is 206 Å². The zero-order chi connectivity index (χ0) is 42.4. The fraction of sp³-hybridized carbons (Fsp3) is 0.0154. The molecule has 0 aromatic heterocycles. The quantitative estimate of drug-likeness (QED) is 0.120. The molecule has 0 unspecified atom stereocenters. The van der Waals surface area contributed by atoms with Crippen LogP contribution in [-0.2, 0) is 5.41 Å². The molecule has 0 N–H and O–H groups in total. The smallest absolute Gasteiger partial charge is 0.0619 e. The Labute approximate surface area is 376 Å². The molecule has 0 atom stereocenters. The van der Waals surface area contributed by atoms with E-state index in [1.54, 1.807) is 0 Å². The van der Waals surface area contributed by atoms with Crippen molar-refractivity contribution in [3.8, 4) is 44.5 Å². The van der Waals surface area contributed by atoms with E-state index in [0.717, 1.165) is 0 Å². The molecule has 0 saturated heterocycles. The van der Waals surface area contributed by atoms with Gasteiger partial charge in [0.2, 0.25) is 0 Å². The molecule has 0 heterocycles. The zero-order valence-corrected chi connectivity index (χ0v) is 35.4. The van der Waals surface area contributed by atoms with Crippen molar-refractivity contribution in [2.45, 2.75) is 5.41 Å². The largest absolute Gasteiger partial charge is 0.0731 e. The third-order valence-electron chi connectivity index (χ3n) is 15.2. The zero-order valence-electron chi connectivity index (χ0n) is 35.4. The molecular formula is C65H38. The molecule has 0 nitrogen and oxygen atoms in total. The highest BCUT2D eigenvalue weighted by Gasteiger charge is 2.53. The Bertz CT molecular complexity index is 4140. The Morgan fingerprint density at radius 3 is 1.29 bits per heavy atom. The summed E-state index contributed by atoms with van der Waals surface area (Å²) < 4.78 is 0. The topological polar surface area (TPSA) is 0 Å². The van der Waals surface area contributed by atoms with Crippen LogP contribution in [0.15, 0.2) is 231 Å². The Hall–Kier alpha value is -8.32. The molecular weight excluding hydrogens is 781 g/mol. The van der Waals surface area contributed by atoms with Crippen molar-refractivity contribution in [2.24, 2.45) is 0 Å². The van der Waals surface area contributed by atoms with Gasteiger partial charge in [0.15, 0.2) is 0 Å². The Balaban J connectivity index is 1.07. The van der Waals surface area contributed by atoms with Crippen LogP contribution in [0.25, 0.3) is 120 Å². The molecule has 1 spiro atoms. The molecule has 2 aliphatic rings. The van der Waals surface area contributed by atoms with E-state index in [1.807, 2.05) is 0 Å². The third-order valence-corrected chi connectivity index (χ3v) is 15.2. The molecule has 13 aromatic carbocycles. The molecule has 13 aromatic rings.